The number of nitrogens with one attached hydrogen (secondary N) is 1. The Kier molecular flexibility index (Phi) is 11.5. The van der Waals surface area contributed by atoms with Crippen LogP contribution in [0.1, 0.15) is 40.9 Å². The van der Waals surface area contributed by atoms with E-state index in [-0.39, 0.29) is 29.2 Å². The van der Waals surface area contributed by atoms with Gasteiger partial charge in [0.2, 0.25) is 6.79 Å². The van der Waals surface area contributed by atoms with E-state index >= 15 is 0 Å². The van der Waals surface area contributed by atoms with Crippen LogP contribution in [0.15, 0.2) is 39.9 Å². The highest BCUT2D eigenvalue weighted by atomic mass is 35.5. The topological polar surface area (TPSA) is 191 Å². The van der Waals surface area contributed by atoms with Crippen molar-refractivity contribution in [1.29, 1.82) is 0 Å². The van der Waals surface area contributed by atoms with Crippen LogP contribution in [0.2, 0.25) is 0 Å². The zero-order valence-electron chi connectivity index (χ0n) is 22.6. The summed E-state index contributed by atoms with van der Waals surface area (Å²) in [6.07, 6.45) is -1.74. The van der Waals surface area contributed by atoms with Crippen molar-refractivity contribution in [2.45, 2.75) is 48.7 Å². The Morgan fingerprint density at radius 3 is 2.60 bits per heavy atom. The number of ketones is 1. The SMILES string of the molecule is CC(=O)OCOC(=O)C1=C(CSc2nnc(C)s2)CS[C@H]2C(NC(=O)C(O)c3ccccc3C(=O)[C@H](C)N)C(=O)N12.Cl. The average molecular weight is 658 g/mol. The molecule has 0 bridgehead atoms. The summed E-state index contributed by atoms with van der Waals surface area (Å²) in [6, 6.07) is 4.17. The third-order valence-corrected chi connectivity index (χ3v) is 9.45. The number of benzene rings is 1. The van der Waals surface area contributed by atoms with Gasteiger partial charge in [-0.2, -0.15) is 0 Å². The van der Waals surface area contributed by atoms with Gasteiger partial charge in [-0.25, -0.2) is 4.79 Å². The van der Waals surface area contributed by atoms with Gasteiger partial charge >= 0.3 is 11.9 Å². The van der Waals surface area contributed by atoms with Crippen LogP contribution in [0, 0.1) is 6.92 Å². The lowest BCUT2D eigenvalue weighted by Gasteiger charge is -2.49. The van der Waals surface area contributed by atoms with Gasteiger partial charge in [-0.1, -0.05) is 47.4 Å². The lowest BCUT2D eigenvalue weighted by atomic mass is 9.95. The van der Waals surface area contributed by atoms with Gasteiger partial charge < -0.3 is 25.6 Å². The molecule has 2 amide bonds. The second kappa shape index (κ2) is 14.4. The van der Waals surface area contributed by atoms with E-state index < -0.39 is 59.9 Å². The van der Waals surface area contributed by atoms with Gasteiger partial charge in [-0.3, -0.25) is 24.1 Å². The summed E-state index contributed by atoms with van der Waals surface area (Å²) in [5, 5.41) is 21.5. The third-order valence-electron chi connectivity index (χ3n) is 6.05. The number of halogens is 1. The average Bonchev–Trinajstić information content (AvgIpc) is 3.37. The minimum Gasteiger partial charge on any atom is -0.428 e. The van der Waals surface area contributed by atoms with Gasteiger partial charge in [-0.05, 0) is 19.4 Å². The number of Topliss-reactive ketones (excluding diaryl/α,β-unsaturated/α-hetero) is 1. The number of aliphatic hydroxyl groups excluding tert-OH is 1. The van der Waals surface area contributed by atoms with Crippen LogP contribution in [0.3, 0.4) is 0 Å². The third kappa shape index (κ3) is 7.30. The fourth-order valence-electron chi connectivity index (χ4n) is 4.08. The van der Waals surface area contributed by atoms with Crippen molar-refractivity contribution in [3.8, 4) is 0 Å². The smallest absolute Gasteiger partial charge is 0.357 e. The van der Waals surface area contributed by atoms with E-state index in [1.54, 1.807) is 12.1 Å². The van der Waals surface area contributed by atoms with Crippen LogP contribution < -0.4 is 11.1 Å². The van der Waals surface area contributed by atoms with E-state index in [9.17, 15) is 29.1 Å². The van der Waals surface area contributed by atoms with Crippen LogP contribution in [0.5, 0.6) is 0 Å². The number of aromatic nitrogens is 2. The van der Waals surface area contributed by atoms with E-state index in [1.165, 1.54) is 58.8 Å². The van der Waals surface area contributed by atoms with Crippen LogP contribution in [-0.4, -0.2) is 85.5 Å². The normalized spacial score (nSPS) is 19.1. The summed E-state index contributed by atoms with van der Waals surface area (Å²) < 4.78 is 10.5. The van der Waals surface area contributed by atoms with Crippen molar-refractivity contribution < 1.29 is 38.6 Å². The van der Waals surface area contributed by atoms with E-state index in [0.717, 1.165) is 11.9 Å². The molecule has 1 saturated heterocycles. The number of rotatable bonds is 11. The number of esters is 2. The highest BCUT2D eigenvalue weighted by Gasteiger charge is 2.54. The number of carbonyl (C=O) groups is 5. The summed E-state index contributed by atoms with van der Waals surface area (Å²) in [4.78, 5) is 64.1. The van der Waals surface area contributed by atoms with Crippen molar-refractivity contribution in [3.63, 3.8) is 0 Å². The molecule has 2 aliphatic rings. The number of hydrogen-bond acceptors (Lipinski definition) is 14. The molecule has 17 heteroatoms. The Balaban J connectivity index is 0.00000484. The maximum atomic E-state index is 13.3. The minimum atomic E-state index is -1.74. The molecule has 4 rings (SSSR count). The number of ether oxygens (including phenoxy) is 2. The standard InChI is InChI=1S/C25H27N5O8S3.ClH/c1-11(26)19(32)15-6-4-5-7-16(15)20(33)21(34)27-17-22(35)30-18(24(36)38-10-37-13(3)31)14(8-39-23(17)30)9-40-25-29-28-12(2)41-25;/h4-7,11,17,20,23,33H,8-10,26H2,1-3H3,(H,27,34);1H/t11-,17?,20?,23-;/m0./s1. The summed E-state index contributed by atoms with van der Waals surface area (Å²) >= 11 is 4.06. The van der Waals surface area contributed by atoms with Crippen LogP contribution in [0.25, 0.3) is 0 Å². The number of nitrogens with zero attached hydrogens (tertiary/aromatic N) is 3. The molecule has 2 aliphatic heterocycles. The molecule has 1 aromatic carbocycles. The molecular weight excluding hydrogens is 630 g/mol. The second-order valence-corrected chi connectivity index (χ2v) is 12.6. The first-order chi connectivity index (χ1) is 19.5. The quantitative estimate of drug-likeness (QED) is 0.103. The molecule has 0 aliphatic carbocycles. The summed E-state index contributed by atoms with van der Waals surface area (Å²) in [6.45, 7) is 3.86. The number of aryl methyl sites for hydroxylation is 1. The molecule has 0 spiro atoms. The molecule has 42 heavy (non-hydrogen) atoms. The maximum absolute atomic E-state index is 13.3. The first-order valence-corrected chi connectivity index (χ1v) is 15.1. The molecule has 0 radical (unpaired) electrons. The van der Waals surface area contributed by atoms with Crippen LogP contribution >= 0.6 is 47.3 Å². The predicted octanol–water partition coefficient (Wildman–Crippen LogP) is 1.34. The summed E-state index contributed by atoms with van der Waals surface area (Å²) in [5.41, 5.74) is 6.47. The van der Waals surface area contributed by atoms with Crippen molar-refractivity contribution in [3.05, 3.63) is 51.7 Å². The van der Waals surface area contributed by atoms with Gasteiger partial charge in [0.25, 0.3) is 11.8 Å². The predicted molar refractivity (Wildman–Crippen MR) is 157 cm³/mol. The highest BCUT2D eigenvalue weighted by Crippen LogP contribution is 2.42. The first kappa shape index (κ1) is 33.5. The number of hydrogen-bond donors (Lipinski definition) is 3. The van der Waals surface area contributed by atoms with Gasteiger partial charge in [0.05, 0.1) is 6.04 Å². The van der Waals surface area contributed by atoms with Crippen molar-refractivity contribution in [1.82, 2.24) is 20.4 Å². The van der Waals surface area contributed by atoms with Crippen LogP contribution in [-0.2, 0) is 28.7 Å². The molecule has 2 unspecified atom stereocenters. The molecule has 226 valence electrons. The highest BCUT2D eigenvalue weighted by molar-refractivity contribution is 8.01. The maximum Gasteiger partial charge on any atom is 0.357 e. The Morgan fingerprint density at radius 2 is 1.95 bits per heavy atom. The second-order valence-electron chi connectivity index (χ2n) is 9.05. The number of nitrogens with two attached hydrogens (primary N) is 1. The van der Waals surface area contributed by atoms with E-state index in [0.29, 0.717) is 21.4 Å². The van der Waals surface area contributed by atoms with E-state index in [2.05, 4.69) is 15.5 Å². The van der Waals surface area contributed by atoms with E-state index in [4.69, 9.17) is 15.2 Å². The number of fused-ring (bicyclic) bond motifs is 1. The lowest BCUT2D eigenvalue weighted by Crippen LogP contribution is -2.71. The summed E-state index contributed by atoms with van der Waals surface area (Å²) in [5.74, 6) is -2.77. The fourth-order valence-corrected chi connectivity index (χ4v) is 7.38. The first-order valence-electron chi connectivity index (χ1n) is 12.3. The number of thioether (sulfide) groups is 2. The Labute approximate surface area is 259 Å². The number of amides is 2. The minimum absolute atomic E-state index is 0. The molecule has 0 saturated carbocycles. The van der Waals surface area contributed by atoms with Gasteiger partial charge in [0, 0.05) is 29.6 Å². The molecule has 1 aromatic heterocycles. The van der Waals surface area contributed by atoms with E-state index in [1.807, 2.05) is 6.92 Å². The molecule has 3 heterocycles. The number of aliphatic hydroxyl groups is 1. The summed E-state index contributed by atoms with van der Waals surface area (Å²) in [7, 11) is 0. The Hall–Kier alpha value is -3.02. The van der Waals surface area contributed by atoms with Crippen molar-refractivity contribution >= 4 is 76.8 Å². The molecule has 4 atom stereocenters. The van der Waals surface area contributed by atoms with Gasteiger partial charge in [0.1, 0.15) is 22.1 Å². The van der Waals surface area contributed by atoms with Crippen molar-refractivity contribution in [2.24, 2.45) is 5.73 Å². The van der Waals surface area contributed by atoms with Gasteiger partial charge in [-0.15, -0.1) is 34.4 Å². The van der Waals surface area contributed by atoms with Gasteiger partial charge in [0.15, 0.2) is 16.2 Å². The zero-order valence-corrected chi connectivity index (χ0v) is 25.9. The largest absolute Gasteiger partial charge is 0.428 e. The lowest BCUT2D eigenvalue weighted by molar-refractivity contribution is -0.166. The number of β-lactam (4-membered cyclic amide) rings is 1. The molecule has 1 fully saturated rings. The molecule has 13 nitrogen and oxygen atoms in total. The molecule has 4 N–H and O–H groups in total. The molecular formula is C25H28ClN5O8S3. The molecule has 2 aromatic rings. The monoisotopic (exact) mass is 657 g/mol. The fraction of sp³-hybridized carbons (Fsp3) is 0.400. The van der Waals surface area contributed by atoms with Crippen LogP contribution in [0.4, 0.5) is 0 Å². The van der Waals surface area contributed by atoms with Crippen molar-refractivity contribution in [2.75, 3.05) is 18.3 Å². The Bertz CT molecular complexity index is 1420. The number of carbonyl (C=O) groups excluding carboxylic acids is 5. The Morgan fingerprint density at radius 1 is 1.24 bits per heavy atom. The zero-order chi connectivity index (χ0) is 29.8.